The highest BCUT2D eigenvalue weighted by atomic mass is 16.6. The van der Waals surface area contributed by atoms with E-state index in [9.17, 15) is 10.2 Å². The smallest absolute Gasteiger partial charge is 0.165 e. The van der Waals surface area contributed by atoms with Crippen molar-refractivity contribution < 1.29 is 20.1 Å². The molecule has 0 saturated carbocycles. The van der Waals surface area contributed by atoms with Gasteiger partial charge in [-0.3, -0.25) is 4.57 Å². The molecule has 0 aliphatic carbocycles. The van der Waals surface area contributed by atoms with Crippen molar-refractivity contribution in [2.75, 3.05) is 13.3 Å². The lowest BCUT2D eigenvalue weighted by Crippen LogP contribution is -2.44. The molecular weight excluding hydrogens is 278 g/mol. The van der Waals surface area contributed by atoms with Crippen molar-refractivity contribution in [3.8, 4) is 0 Å². The highest BCUT2D eigenvalue weighted by Crippen LogP contribution is 2.27. The summed E-state index contributed by atoms with van der Waals surface area (Å²) in [5.41, 5.74) is 0.576. The van der Waals surface area contributed by atoms with E-state index < -0.39 is 24.5 Å². The molecule has 4 N–H and O–H groups in total. The average Bonchev–Trinajstić information content (AvgIpc) is 3.17. The fraction of sp³-hybridized carbons (Fsp3) is 0.500. The molecule has 4 heterocycles. The van der Waals surface area contributed by atoms with Crippen LogP contribution in [0, 0.1) is 0 Å². The number of hydrogen-bond donors (Lipinski definition) is 4. The minimum atomic E-state index is -1.15. The molecule has 1 aromatic heterocycles. The topological polar surface area (TPSA) is 115 Å². The third-order valence-electron chi connectivity index (χ3n) is 3.92. The van der Waals surface area contributed by atoms with Gasteiger partial charge < -0.3 is 30.3 Å². The molecule has 0 spiro atoms. The predicted molar refractivity (Wildman–Crippen MR) is 68.4 cm³/mol. The van der Waals surface area contributed by atoms with Crippen LogP contribution in [0.2, 0.25) is 0 Å². The molecule has 0 amide bonds. The molecule has 3 aliphatic heterocycles. The normalized spacial score (nSPS) is 33.7. The molecule has 0 aromatic carbocycles. The Labute approximate surface area is 119 Å². The van der Waals surface area contributed by atoms with Crippen LogP contribution in [0.5, 0.6) is 0 Å². The van der Waals surface area contributed by atoms with Gasteiger partial charge in [0.05, 0.1) is 12.9 Å². The first-order valence-electron chi connectivity index (χ1n) is 6.64. The molecule has 3 aliphatic rings. The average molecular weight is 293 g/mol. The van der Waals surface area contributed by atoms with E-state index in [1.807, 2.05) is 11.1 Å². The lowest BCUT2D eigenvalue weighted by atomic mass is 10.1. The van der Waals surface area contributed by atoms with Crippen LogP contribution in [0.25, 0.3) is 5.82 Å². The van der Waals surface area contributed by atoms with Gasteiger partial charge in [-0.2, -0.15) is 0 Å². The van der Waals surface area contributed by atoms with Gasteiger partial charge in [0, 0.05) is 12.4 Å². The monoisotopic (exact) mass is 293 g/mol. The second kappa shape index (κ2) is 4.53. The summed E-state index contributed by atoms with van der Waals surface area (Å²) < 4.78 is 7.10. The van der Waals surface area contributed by atoms with Gasteiger partial charge in [-0.1, -0.05) is 0 Å². The Balaban J connectivity index is 1.78. The van der Waals surface area contributed by atoms with Crippen molar-refractivity contribution in [1.82, 2.24) is 19.8 Å². The van der Waals surface area contributed by atoms with Crippen LogP contribution in [0.3, 0.4) is 0 Å². The Morgan fingerprint density at radius 1 is 1.38 bits per heavy atom. The van der Waals surface area contributed by atoms with Crippen molar-refractivity contribution in [2.24, 2.45) is 4.99 Å². The zero-order valence-electron chi connectivity index (χ0n) is 11.0. The molecule has 112 valence electrons. The molecule has 1 saturated heterocycles. The molecule has 0 unspecified atom stereocenters. The van der Waals surface area contributed by atoms with Crippen LogP contribution in [-0.4, -0.2) is 61.4 Å². The lowest BCUT2D eigenvalue weighted by Gasteiger charge is -2.19. The fourth-order valence-corrected chi connectivity index (χ4v) is 2.80. The summed E-state index contributed by atoms with van der Waals surface area (Å²) in [4.78, 5) is 10.7. The van der Waals surface area contributed by atoms with E-state index in [4.69, 9.17) is 9.84 Å². The van der Waals surface area contributed by atoms with Crippen molar-refractivity contribution >= 4 is 5.82 Å². The van der Waals surface area contributed by atoms with E-state index >= 15 is 0 Å². The molecule has 9 nitrogen and oxygen atoms in total. The minimum absolute atomic E-state index is 0.362. The zero-order valence-corrected chi connectivity index (χ0v) is 11.0. The number of aliphatic hydroxyl groups is 3. The first kappa shape index (κ1) is 12.8. The van der Waals surface area contributed by atoms with Crippen LogP contribution in [0.15, 0.2) is 23.7 Å². The molecule has 21 heavy (non-hydrogen) atoms. The highest BCUT2D eigenvalue weighted by molar-refractivity contribution is 5.45. The first-order valence-corrected chi connectivity index (χ1v) is 6.64. The van der Waals surface area contributed by atoms with E-state index in [0.29, 0.717) is 17.5 Å². The van der Waals surface area contributed by atoms with Crippen LogP contribution in [0.1, 0.15) is 6.23 Å². The van der Waals surface area contributed by atoms with Crippen LogP contribution in [-0.2, 0) is 4.74 Å². The minimum Gasteiger partial charge on any atom is -0.394 e. The summed E-state index contributed by atoms with van der Waals surface area (Å²) in [5, 5.41) is 32.9. The molecule has 1 fully saturated rings. The lowest BCUT2D eigenvalue weighted by molar-refractivity contribution is -0.0546. The summed E-state index contributed by atoms with van der Waals surface area (Å²) in [6.45, 7) is 0.0751. The summed E-state index contributed by atoms with van der Waals surface area (Å²) >= 11 is 0. The number of fused-ring (bicyclic) bond motifs is 2. The van der Waals surface area contributed by atoms with E-state index in [-0.39, 0.29) is 6.61 Å². The van der Waals surface area contributed by atoms with Gasteiger partial charge >= 0.3 is 0 Å². The Morgan fingerprint density at radius 3 is 3.00 bits per heavy atom. The molecule has 0 bridgehead atoms. The molecule has 4 atom stereocenters. The first-order chi connectivity index (χ1) is 10.2. The van der Waals surface area contributed by atoms with Gasteiger partial charge in [0.2, 0.25) is 0 Å². The third kappa shape index (κ3) is 1.72. The van der Waals surface area contributed by atoms with Crippen LogP contribution in [0.4, 0.5) is 0 Å². The summed E-state index contributed by atoms with van der Waals surface area (Å²) in [7, 11) is 0. The Morgan fingerprint density at radius 2 is 2.24 bits per heavy atom. The van der Waals surface area contributed by atoms with Crippen LogP contribution < -0.4 is 16.2 Å². The van der Waals surface area contributed by atoms with Gasteiger partial charge in [-0.05, 0) is 0 Å². The van der Waals surface area contributed by atoms with Gasteiger partial charge in [0.25, 0.3) is 0 Å². The maximum absolute atomic E-state index is 10.1. The standard InChI is InChI=1S/C12H15N5O4/c18-3-6-8(19)9(20)12(21-6)17-5-14-7-10-13-1-2-16(10)4-15-11(7)17/h1-2,5-6,8-9,12-13,18-20H,3-4H2/t6-,8-,9-,12-/m1/s1. The highest BCUT2D eigenvalue weighted by Gasteiger charge is 2.44. The molecule has 0 radical (unpaired) electrons. The van der Waals surface area contributed by atoms with Crippen molar-refractivity contribution in [2.45, 2.75) is 24.5 Å². The maximum Gasteiger partial charge on any atom is 0.165 e. The fourth-order valence-electron chi connectivity index (χ4n) is 2.80. The molecular formula is C12H15N5O4. The molecule has 4 rings (SSSR count). The number of hydrogen-bond acceptors (Lipinski definition) is 8. The summed E-state index contributed by atoms with van der Waals surface area (Å²) in [5.74, 6) is 0.825. The SMILES string of the molecule is OC[C@H]1O[C@@H](n2cnc3c2=NCN2C=CNC=32)[C@H](O)[C@@H]1O. The third-order valence-corrected chi connectivity index (χ3v) is 3.92. The number of rotatable bonds is 2. The number of aliphatic hydroxyl groups excluding tert-OH is 3. The van der Waals surface area contributed by atoms with E-state index in [1.165, 1.54) is 6.33 Å². The Bertz CT molecular complexity index is 714. The quantitative estimate of drug-likeness (QED) is 0.448. The predicted octanol–water partition coefficient (Wildman–Crippen LogP) is -3.47. The molecule has 9 heteroatoms. The van der Waals surface area contributed by atoms with E-state index in [2.05, 4.69) is 15.3 Å². The van der Waals surface area contributed by atoms with E-state index in [1.54, 1.807) is 10.8 Å². The van der Waals surface area contributed by atoms with Crippen LogP contribution >= 0.6 is 0 Å². The van der Waals surface area contributed by atoms with Crippen molar-refractivity contribution in [3.63, 3.8) is 0 Å². The molecule has 1 aromatic rings. The zero-order chi connectivity index (χ0) is 14.6. The number of ether oxygens (including phenoxy) is 1. The Kier molecular flexibility index (Phi) is 2.76. The summed E-state index contributed by atoms with van der Waals surface area (Å²) in [6.07, 6.45) is 1.26. The van der Waals surface area contributed by atoms with Gasteiger partial charge in [0.1, 0.15) is 36.2 Å². The largest absolute Gasteiger partial charge is 0.394 e. The van der Waals surface area contributed by atoms with E-state index in [0.717, 1.165) is 5.82 Å². The maximum atomic E-state index is 10.1. The number of nitrogens with one attached hydrogen (secondary N) is 1. The van der Waals surface area contributed by atoms with Gasteiger partial charge in [-0.15, -0.1) is 0 Å². The number of imidazole rings is 1. The summed E-state index contributed by atoms with van der Waals surface area (Å²) in [6, 6.07) is 0. The second-order valence-electron chi connectivity index (χ2n) is 5.13. The number of aromatic nitrogens is 2. The van der Waals surface area contributed by atoms with Gasteiger partial charge in [-0.25, -0.2) is 9.98 Å². The second-order valence-corrected chi connectivity index (χ2v) is 5.13. The van der Waals surface area contributed by atoms with Gasteiger partial charge in [0.15, 0.2) is 11.7 Å². The Hall–Kier alpha value is -1.94. The van der Waals surface area contributed by atoms with Crippen molar-refractivity contribution in [3.05, 3.63) is 29.6 Å². The number of nitrogens with zero attached hydrogens (tertiary/aromatic N) is 4. The van der Waals surface area contributed by atoms with Crippen molar-refractivity contribution in [1.29, 1.82) is 0 Å².